The van der Waals surface area contributed by atoms with Gasteiger partial charge < -0.3 is 14.3 Å². The van der Waals surface area contributed by atoms with Gasteiger partial charge in [0.05, 0.1) is 30.4 Å². The van der Waals surface area contributed by atoms with E-state index in [1.54, 1.807) is 6.20 Å². The van der Waals surface area contributed by atoms with Gasteiger partial charge in [-0.2, -0.15) is 0 Å². The number of hydrogen-bond acceptors (Lipinski definition) is 6. The van der Waals surface area contributed by atoms with E-state index < -0.39 is 0 Å². The van der Waals surface area contributed by atoms with E-state index in [-0.39, 0.29) is 24.4 Å². The number of rotatable bonds is 5. The molecule has 0 unspecified atom stereocenters. The van der Waals surface area contributed by atoms with Crippen molar-refractivity contribution < 1.29 is 9.32 Å². The highest BCUT2D eigenvalue weighted by Crippen LogP contribution is 2.39. The van der Waals surface area contributed by atoms with Crippen molar-refractivity contribution in [1.82, 2.24) is 30.0 Å². The summed E-state index contributed by atoms with van der Waals surface area (Å²) in [6.07, 6.45) is 6.15. The molecular formula is C16H22N6O2. The van der Waals surface area contributed by atoms with Crippen LogP contribution >= 0.6 is 0 Å². The number of carbonyl (C=O) groups excluding carboxylic acids is 1. The van der Waals surface area contributed by atoms with Crippen molar-refractivity contribution in [2.75, 3.05) is 27.2 Å². The summed E-state index contributed by atoms with van der Waals surface area (Å²) >= 11 is 0. The highest BCUT2D eigenvalue weighted by Gasteiger charge is 2.38. The molecular weight excluding hydrogens is 308 g/mol. The van der Waals surface area contributed by atoms with Crippen molar-refractivity contribution in [3.8, 4) is 0 Å². The molecule has 1 saturated carbocycles. The molecule has 1 saturated heterocycles. The summed E-state index contributed by atoms with van der Waals surface area (Å²) in [6, 6.07) is 2.26. The van der Waals surface area contributed by atoms with Gasteiger partial charge in [0.25, 0.3) is 0 Å². The molecule has 1 amide bonds. The maximum Gasteiger partial charge on any atom is 0.230 e. The van der Waals surface area contributed by atoms with Gasteiger partial charge >= 0.3 is 0 Å². The largest absolute Gasteiger partial charge is 0.361 e. The third-order valence-electron chi connectivity index (χ3n) is 4.95. The van der Waals surface area contributed by atoms with Crippen LogP contribution in [0.25, 0.3) is 0 Å². The first kappa shape index (κ1) is 15.3. The summed E-state index contributed by atoms with van der Waals surface area (Å²) in [5.74, 6) is 1.27. The SMILES string of the molecule is CN(C)[C@@H]1CN(C(=O)Cc2cc(C3CC3)no2)C[C@@H]1n1ccnn1. The van der Waals surface area contributed by atoms with Gasteiger partial charge in [-0.1, -0.05) is 10.4 Å². The van der Waals surface area contributed by atoms with Gasteiger partial charge in [0.1, 0.15) is 5.76 Å². The predicted octanol–water partition coefficient (Wildman–Crippen LogP) is 0.700. The highest BCUT2D eigenvalue weighted by atomic mass is 16.5. The zero-order chi connectivity index (χ0) is 16.7. The average molecular weight is 330 g/mol. The Morgan fingerprint density at radius 1 is 1.38 bits per heavy atom. The Morgan fingerprint density at radius 3 is 2.88 bits per heavy atom. The van der Waals surface area contributed by atoms with Crippen LogP contribution < -0.4 is 0 Å². The molecule has 1 aliphatic carbocycles. The Labute approximate surface area is 140 Å². The Morgan fingerprint density at radius 2 is 2.21 bits per heavy atom. The van der Waals surface area contributed by atoms with Gasteiger partial charge in [0.15, 0.2) is 0 Å². The summed E-state index contributed by atoms with van der Waals surface area (Å²) in [4.78, 5) is 16.7. The van der Waals surface area contributed by atoms with Gasteiger partial charge in [0.2, 0.25) is 5.91 Å². The first-order chi connectivity index (χ1) is 11.6. The molecule has 0 spiro atoms. The van der Waals surface area contributed by atoms with E-state index >= 15 is 0 Å². The molecule has 0 bridgehead atoms. The maximum absolute atomic E-state index is 12.7. The second-order valence-corrected chi connectivity index (χ2v) is 6.95. The minimum absolute atomic E-state index is 0.0722. The topological polar surface area (TPSA) is 80.3 Å². The number of amides is 1. The lowest BCUT2D eigenvalue weighted by atomic mass is 10.1. The molecule has 1 aliphatic heterocycles. The fourth-order valence-corrected chi connectivity index (χ4v) is 3.38. The van der Waals surface area contributed by atoms with E-state index in [4.69, 9.17) is 4.52 Å². The molecule has 2 atom stereocenters. The molecule has 2 fully saturated rings. The van der Waals surface area contributed by atoms with Gasteiger partial charge in [-0.25, -0.2) is 4.68 Å². The lowest BCUT2D eigenvalue weighted by Crippen LogP contribution is -2.37. The molecule has 128 valence electrons. The second-order valence-electron chi connectivity index (χ2n) is 6.95. The van der Waals surface area contributed by atoms with E-state index in [9.17, 15) is 4.79 Å². The number of aromatic nitrogens is 4. The van der Waals surface area contributed by atoms with Gasteiger partial charge in [-0.3, -0.25) is 4.79 Å². The van der Waals surface area contributed by atoms with Crippen LogP contribution in [0.15, 0.2) is 23.0 Å². The number of hydrogen-bond donors (Lipinski definition) is 0. The second kappa shape index (κ2) is 6.01. The Kier molecular flexibility index (Phi) is 3.84. The van der Waals surface area contributed by atoms with Crippen LogP contribution in [0, 0.1) is 0 Å². The first-order valence-electron chi connectivity index (χ1n) is 8.37. The smallest absolute Gasteiger partial charge is 0.230 e. The minimum atomic E-state index is 0.0722. The quantitative estimate of drug-likeness (QED) is 0.803. The summed E-state index contributed by atoms with van der Waals surface area (Å²) in [5, 5.41) is 12.1. The lowest BCUT2D eigenvalue weighted by molar-refractivity contribution is -0.130. The molecule has 0 aromatic carbocycles. The summed E-state index contributed by atoms with van der Waals surface area (Å²) < 4.78 is 7.18. The molecule has 3 heterocycles. The normalized spacial score (nSPS) is 24.0. The van der Waals surface area contributed by atoms with Crippen molar-refractivity contribution in [3.63, 3.8) is 0 Å². The Bertz CT molecular complexity index is 706. The fourth-order valence-electron chi connectivity index (χ4n) is 3.38. The van der Waals surface area contributed by atoms with Gasteiger partial charge in [-0.15, -0.1) is 5.10 Å². The van der Waals surface area contributed by atoms with E-state index in [1.807, 2.05) is 35.9 Å². The maximum atomic E-state index is 12.7. The summed E-state index contributed by atoms with van der Waals surface area (Å²) in [7, 11) is 4.06. The Hall–Kier alpha value is -2.22. The van der Waals surface area contributed by atoms with Crippen LogP contribution in [0.1, 0.15) is 36.3 Å². The first-order valence-corrected chi connectivity index (χ1v) is 8.37. The third kappa shape index (κ3) is 2.93. The van der Waals surface area contributed by atoms with Crippen molar-refractivity contribution in [2.45, 2.75) is 37.3 Å². The summed E-state index contributed by atoms with van der Waals surface area (Å²) in [5.41, 5.74) is 0.992. The van der Waals surface area contributed by atoms with Gasteiger partial charge in [-0.05, 0) is 26.9 Å². The van der Waals surface area contributed by atoms with Crippen molar-refractivity contribution in [2.24, 2.45) is 0 Å². The van der Waals surface area contributed by atoms with Gasteiger partial charge in [0, 0.05) is 31.3 Å². The number of nitrogens with zero attached hydrogens (tertiary/aromatic N) is 6. The molecule has 8 heteroatoms. The highest BCUT2D eigenvalue weighted by molar-refractivity contribution is 5.78. The zero-order valence-corrected chi connectivity index (χ0v) is 14.0. The van der Waals surface area contributed by atoms with Crippen LogP contribution in [0.5, 0.6) is 0 Å². The predicted molar refractivity (Wildman–Crippen MR) is 85.3 cm³/mol. The number of carbonyl (C=O) groups is 1. The fraction of sp³-hybridized carbons (Fsp3) is 0.625. The molecule has 4 rings (SSSR count). The molecule has 8 nitrogen and oxygen atoms in total. The van der Waals surface area contributed by atoms with Crippen molar-refractivity contribution >= 4 is 5.91 Å². The van der Waals surface area contributed by atoms with Crippen LogP contribution in [0.4, 0.5) is 0 Å². The van der Waals surface area contributed by atoms with Crippen LogP contribution in [0.2, 0.25) is 0 Å². The van der Waals surface area contributed by atoms with E-state index in [1.165, 1.54) is 12.8 Å². The van der Waals surface area contributed by atoms with Crippen molar-refractivity contribution in [1.29, 1.82) is 0 Å². The summed E-state index contributed by atoms with van der Waals surface area (Å²) in [6.45, 7) is 1.31. The minimum Gasteiger partial charge on any atom is -0.361 e. The van der Waals surface area contributed by atoms with Crippen LogP contribution in [-0.2, 0) is 11.2 Å². The molecule has 0 radical (unpaired) electrons. The lowest BCUT2D eigenvalue weighted by Gasteiger charge is -2.24. The van der Waals surface area contributed by atoms with Crippen molar-refractivity contribution in [3.05, 3.63) is 29.9 Å². The molecule has 0 N–H and O–H groups in total. The molecule has 2 aromatic heterocycles. The van der Waals surface area contributed by atoms with E-state index in [0.29, 0.717) is 24.8 Å². The number of likely N-dealkylation sites (N-methyl/N-ethyl adjacent to an activating group) is 1. The third-order valence-corrected chi connectivity index (χ3v) is 4.95. The monoisotopic (exact) mass is 330 g/mol. The molecule has 2 aliphatic rings. The zero-order valence-electron chi connectivity index (χ0n) is 14.0. The van der Waals surface area contributed by atoms with E-state index in [0.717, 1.165) is 5.69 Å². The standard InChI is InChI=1S/C16H22N6O2/c1-20(2)14-9-21(10-15(14)22-6-5-17-19-22)16(23)8-12-7-13(18-24-12)11-3-4-11/h5-7,11,14-15H,3-4,8-10H2,1-2H3/t14-,15+/m1/s1. The average Bonchev–Trinajstić information content (AvgIpc) is 2.98. The Balaban J connectivity index is 1.44. The van der Waals surface area contributed by atoms with Crippen LogP contribution in [0.3, 0.4) is 0 Å². The number of likely N-dealkylation sites (tertiary alicyclic amines) is 1. The van der Waals surface area contributed by atoms with Crippen LogP contribution in [-0.4, -0.2) is 69.1 Å². The molecule has 2 aromatic rings. The molecule has 24 heavy (non-hydrogen) atoms. The van der Waals surface area contributed by atoms with E-state index in [2.05, 4.69) is 20.4 Å².